The number of fused-ring (bicyclic) bond motifs is 9. The SMILES string of the molecule is c1ccc(-c2cccc(C3c4ccccc4-c4cc(-c5ccc6c(c5)c5ccccc5n6-c5ccc(-c6ccc7sc8ccccc8c7c6)cc5)ccc43)c2)cc1. The second-order valence-corrected chi connectivity index (χ2v) is 16.3. The molecule has 1 aliphatic carbocycles. The molecule has 0 saturated carbocycles. The minimum Gasteiger partial charge on any atom is -0.309 e. The molecule has 0 bridgehead atoms. The molecular formula is C55H35NS. The van der Waals surface area contributed by atoms with Crippen LogP contribution >= 0.6 is 11.3 Å². The second-order valence-electron chi connectivity index (χ2n) is 15.3. The molecule has 0 saturated heterocycles. The van der Waals surface area contributed by atoms with Gasteiger partial charge in [-0.15, -0.1) is 11.3 Å². The molecule has 0 amide bonds. The molecule has 0 N–H and O–H groups in total. The summed E-state index contributed by atoms with van der Waals surface area (Å²) in [6, 6.07) is 76.4. The number of para-hydroxylation sites is 1. The fraction of sp³-hybridized carbons (Fsp3) is 0.0182. The second kappa shape index (κ2) is 12.8. The first-order valence-electron chi connectivity index (χ1n) is 19.7. The normalized spacial score (nSPS) is 13.4. The highest BCUT2D eigenvalue weighted by Crippen LogP contribution is 2.50. The lowest BCUT2D eigenvalue weighted by Gasteiger charge is -2.16. The Bertz CT molecular complexity index is 3350. The molecule has 12 rings (SSSR count). The smallest absolute Gasteiger partial charge is 0.0541 e. The van der Waals surface area contributed by atoms with Crippen LogP contribution in [0.5, 0.6) is 0 Å². The molecule has 0 fully saturated rings. The molecule has 0 aliphatic heterocycles. The maximum Gasteiger partial charge on any atom is 0.0541 e. The van der Waals surface area contributed by atoms with Crippen LogP contribution in [0.4, 0.5) is 0 Å². The molecule has 1 aliphatic rings. The lowest BCUT2D eigenvalue weighted by Crippen LogP contribution is -1.99. The summed E-state index contributed by atoms with van der Waals surface area (Å²) in [4.78, 5) is 0. The highest BCUT2D eigenvalue weighted by Gasteiger charge is 2.30. The van der Waals surface area contributed by atoms with Crippen LogP contribution in [0.25, 0.3) is 92.2 Å². The standard InChI is InChI=1S/C55H35NS/c1-2-11-35(12-3-1)37-13-10-14-41(31-37)55-46-18-5-4-15-43(46)48-32-39(23-28-47(48)55)40-24-29-52-49(33-40)44-16-6-8-19-51(44)56(52)42-26-21-36(22-27-42)38-25-30-54-50(34-38)45-17-7-9-20-53(45)57-54/h1-34,55H. The number of hydrogen-bond donors (Lipinski definition) is 0. The Kier molecular flexibility index (Phi) is 7.23. The topological polar surface area (TPSA) is 4.93 Å². The minimum atomic E-state index is 0.194. The molecule has 266 valence electrons. The summed E-state index contributed by atoms with van der Waals surface area (Å²) < 4.78 is 5.09. The van der Waals surface area contributed by atoms with Crippen LogP contribution in [0.3, 0.4) is 0 Å². The predicted octanol–water partition coefficient (Wildman–Crippen LogP) is 15.3. The summed E-state index contributed by atoms with van der Waals surface area (Å²) in [6.07, 6.45) is 0. The van der Waals surface area contributed by atoms with Gasteiger partial charge in [0.2, 0.25) is 0 Å². The van der Waals surface area contributed by atoms with Crippen molar-refractivity contribution in [2.75, 3.05) is 0 Å². The average Bonchev–Trinajstić information content (AvgIpc) is 3.94. The van der Waals surface area contributed by atoms with Gasteiger partial charge in [-0.25, -0.2) is 0 Å². The monoisotopic (exact) mass is 741 g/mol. The van der Waals surface area contributed by atoms with Gasteiger partial charge in [-0.05, 0) is 116 Å². The van der Waals surface area contributed by atoms with E-state index in [1.807, 2.05) is 11.3 Å². The third-order valence-electron chi connectivity index (χ3n) is 12.1. The van der Waals surface area contributed by atoms with Gasteiger partial charge in [0.25, 0.3) is 0 Å². The summed E-state index contributed by atoms with van der Waals surface area (Å²) >= 11 is 1.87. The molecule has 57 heavy (non-hydrogen) atoms. The Morgan fingerprint density at radius 2 is 0.930 bits per heavy atom. The van der Waals surface area contributed by atoms with E-state index < -0.39 is 0 Å². The molecule has 0 radical (unpaired) electrons. The van der Waals surface area contributed by atoms with Crippen LogP contribution < -0.4 is 0 Å². The van der Waals surface area contributed by atoms with Crippen molar-refractivity contribution in [1.82, 2.24) is 4.57 Å². The van der Waals surface area contributed by atoms with Gasteiger partial charge in [-0.3, -0.25) is 0 Å². The van der Waals surface area contributed by atoms with Gasteiger partial charge in [0, 0.05) is 42.6 Å². The molecule has 9 aromatic carbocycles. The molecule has 2 heterocycles. The number of nitrogens with zero attached hydrogens (tertiary/aromatic N) is 1. The largest absolute Gasteiger partial charge is 0.309 e. The van der Waals surface area contributed by atoms with Crippen LogP contribution in [0, 0.1) is 0 Å². The van der Waals surface area contributed by atoms with E-state index in [0.29, 0.717) is 0 Å². The fourth-order valence-corrected chi connectivity index (χ4v) is 10.5. The van der Waals surface area contributed by atoms with Crippen molar-refractivity contribution in [3.63, 3.8) is 0 Å². The first-order valence-corrected chi connectivity index (χ1v) is 20.5. The maximum atomic E-state index is 2.42. The van der Waals surface area contributed by atoms with Crippen LogP contribution in [0.15, 0.2) is 206 Å². The highest BCUT2D eigenvalue weighted by atomic mass is 32.1. The molecule has 1 atom stereocenters. The average molecular weight is 742 g/mol. The highest BCUT2D eigenvalue weighted by molar-refractivity contribution is 7.25. The third-order valence-corrected chi connectivity index (χ3v) is 13.2. The number of hydrogen-bond acceptors (Lipinski definition) is 1. The van der Waals surface area contributed by atoms with Crippen molar-refractivity contribution >= 4 is 53.3 Å². The molecule has 0 spiro atoms. The molecule has 2 aromatic heterocycles. The van der Waals surface area contributed by atoms with E-state index in [4.69, 9.17) is 0 Å². The van der Waals surface area contributed by atoms with Gasteiger partial charge in [0.15, 0.2) is 0 Å². The number of rotatable bonds is 5. The van der Waals surface area contributed by atoms with E-state index >= 15 is 0 Å². The van der Waals surface area contributed by atoms with Gasteiger partial charge < -0.3 is 4.57 Å². The van der Waals surface area contributed by atoms with Gasteiger partial charge in [0.1, 0.15) is 0 Å². The van der Waals surface area contributed by atoms with E-state index in [1.54, 1.807) is 0 Å². The van der Waals surface area contributed by atoms with Crippen molar-refractivity contribution < 1.29 is 0 Å². The Morgan fingerprint density at radius 3 is 1.84 bits per heavy atom. The first kappa shape index (κ1) is 32.3. The zero-order chi connectivity index (χ0) is 37.5. The van der Waals surface area contributed by atoms with Gasteiger partial charge in [-0.1, -0.05) is 152 Å². The van der Waals surface area contributed by atoms with Crippen molar-refractivity contribution in [2.24, 2.45) is 0 Å². The van der Waals surface area contributed by atoms with Crippen molar-refractivity contribution in [2.45, 2.75) is 5.92 Å². The van der Waals surface area contributed by atoms with E-state index in [2.05, 4.69) is 211 Å². The molecule has 2 heteroatoms. The van der Waals surface area contributed by atoms with Gasteiger partial charge >= 0.3 is 0 Å². The van der Waals surface area contributed by atoms with E-state index in [1.165, 1.54) is 103 Å². The van der Waals surface area contributed by atoms with E-state index in [9.17, 15) is 0 Å². The Hall–Kier alpha value is -7.00. The van der Waals surface area contributed by atoms with Gasteiger partial charge in [-0.2, -0.15) is 0 Å². The first-order chi connectivity index (χ1) is 28.2. The van der Waals surface area contributed by atoms with Crippen molar-refractivity contribution in [3.8, 4) is 50.2 Å². The Morgan fingerprint density at radius 1 is 0.333 bits per heavy atom. The summed E-state index contributed by atoms with van der Waals surface area (Å²) in [5.41, 5.74) is 17.8. The van der Waals surface area contributed by atoms with Crippen LogP contribution in [-0.4, -0.2) is 4.57 Å². The van der Waals surface area contributed by atoms with Crippen molar-refractivity contribution in [3.05, 3.63) is 223 Å². The van der Waals surface area contributed by atoms with E-state index in [-0.39, 0.29) is 5.92 Å². The van der Waals surface area contributed by atoms with E-state index in [0.717, 1.165) is 5.69 Å². The van der Waals surface area contributed by atoms with Crippen LogP contribution in [0.2, 0.25) is 0 Å². The fourth-order valence-electron chi connectivity index (χ4n) is 9.41. The predicted molar refractivity (Wildman–Crippen MR) is 243 cm³/mol. The molecular weight excluding hydrogens is 707 g/mol. The maximum absolute atomic E-state index is 2.42. The van der Waals surface area contributed by atoms with Crippen LogP contribution in [-0.2, 0) is 0 Å². The minimum absolute atomic E-state index is 0.194. The molecule has 1 nitrogen and oxygen atoms in total. The summed E-state index contributed by atoms with van der Waals surface area (Å²) in [6.45, 7) is 0. The number of benzene rings is 9. The van der Waals surface area contributed by atoms with Crippen LogP contribution in [0.1, 0.15) is 22.6 Å². The Labute approximate surface area is 335 Å². The molecule has 11 aromatic rings. The number of aromatic nitrogens is 1. The summed E-state index contributed by atoms with van der Waals surface area (Å²) in [5.74, 6) is 0.194. The lowest BCUT2D eigenvalue weighted by molar-refractivity contribution is 1.02. The zero-order valence-corrected chi connectivity index (χ0v) is 31.9. The third kappa shape index (κ3) is 5.15. The zero-order valence-electron chi connectivity index (χ0n) is 31.1. The summed E-state index contributed by atoms with van der Waals surface area (Å²) in [7, 11) is 0. The molecule has 1 unspecified atom stereocenters. The quantitative estimate of drug-likeness (QED) is 0.166. The lowest BCUT2D eigenvalue weighted by atomic mass is 9.87. The number of thiophene rings is 1. The Balaban J connectivity index is 0.926. The van der Waals surface area contributed by atoms with Crippen molar-refractivity contribution in [1.29, 1.82) is 0 Å². The van der Waals surface area contributed by atoms with Gasteiger partial charge in [0.05, 0.1) is 11.0 Å². The summed E-state index contributed by atoms with van der Waals surface area (Å²) in [5, 5.41) is 5.19.